The maximum absolute atomic E-state index is 12.7. The van der Waals surface area contributed by atoms with Crippen LogP contribution in [0.15, 0.2) is 18.2 Å². The molecule has 0 atom stereocenters. The van der Waals surface area contributed by atoms with Gasteiger partial charge in [-0.1, -0.05) is 0 Å². The van der Waals surface area contributed by atoms with Crippen molar-refractivity contribution in [3.05, 3.63) is 46.0 Å². The normalized spacial score (nSPS) is 12.6. The van der Waals surface area contributed by atoms with Gasteiger partial charge in [-0.05, 0) is 30.7 Å². The molecular formula is C17H12O7. The minimum atomic E-state index is -0.829. The number of fused-ring (bicyclic) bond motifs is 2. The fourth-order valence-corrected chi connectivity index (χ4v) is 2.75. The average molecular weight is 328 g/mol. The molecular weight excluding hydrogens is 316 g/mol. The Hall–Kier alpha value is -3.35. The smallest absolute Gasteiger partial charge is 0.308 e. The van der Waals surface area contributed by atoms with E-state index in [4.69, 9.17) is 4.74 Å². The number of hydrogen-bond acceptors (Lipinski definition) is 7. The largest absolute Gasteiger partial charge is 0.507 e. The number of phenols is 3. The van der Waals surface area contributed by atoms with Crippen LogP contribution < -0.4 is 4.74 Å². The van der Waals surface area contributed by atoms with Gasteiger partial charge >= 0.3 is 5.97 Å². The Labute approximate surface area is 135 Å². The van der Waals surface area contributed by atoms with E-state index in [1.165, 1.54) is 12.1 Å². The Morgan fingerprint density at radius 2 is 1.54 bits per heavy atom. The van der Waals surface area contributed by atoms with Gasteiger partial charge in [-0.2, -0.15) is 0 Å². The number of phenolic OH excluding ortho intramolecular Hbond substituents is 3. The van der Waals surface area contributed by atoms with E-state index in [1.54, 1.807) is 6.92 Å². The average Bonchev–Trinajstić information content (AvgIpc) is 2.47. The first-order chi connectivity index (χ1) is 11.2. The van der Waals surface area contributed by atoms with Crippen molar-refractivity contribution in [3.8, 4) is 23.0 Å². The Balaban J connectivity index is 2.33. The van der Waals surface area contributed by atoms with Crippen molar-refractivity contribution in [2.45, 2.75) is 13.8 Å². The third-order valence-electron chi connectivity index (χ3n) is 3.69. The number of hydrogen-bond donors (Lipinski definition) is 3. The lowest BCUT2D eigenvalue weighted by Gasteiger charge is -2.21. The number of ether oxygens (including phenoxy) is 1. The number of carbonyl (C=O) groups is 3. The molecule has 7 heteroatoms. The van der Waals surface area contributed by atoms with E-state index in [1.807, 2.05) is 0 Å². The summed E-state index contributed by atoms with van der Waals surface area (Å²) in [4.78, 5) is 36.3. The van der Waals surface area contributed by atoms with Gasteiger partial charge in [0.15, 0.2) is 17.3 Å². The molecule has 3 N–H and O–H groups in total. The Morgan fingerprint density at radius 3 is 2.17 bits per heavy atom. The van der Waals surface area contributed by atoms with Crippen LogP contribution in [0.3, 0.4) is 0 Å². The Bertz CT molecular complexity index is 941. The van der Waals surface area contributed by atoms with Gasteiger partial charge in [-0.25, -0.2) is 0 Å². The summed E-state index contributed by atoms with van der Waals surface area (Å²) in [6, 6.07) is 3.71. The van der Waals surface area contributed by atoms with Gasteiger partial charge in [0, 0.05) is 18.1 Å². The predicted molar refractivity (Wildman–Crippen MR) is 80.8 cm³/mol. The zero-order chi connectivity index (χ0) is 17.8. The van der Waals surface area contributed by atoms with Crippen molar-refractivity contribution in [1.82, 2.24) is 0 Å². The van der Waals surface area contributed by atoms with Crippen LogP contribution in [-0.2, 0) is 4.79 Å². The molecule has 0 saturated heterocycles. The molecule has 2 aromatic carbocycles. The summed E-state index contributed by atoms with van der Waals surface area (Å²) < 4.78 is 4.70. The van der Waals surface area contributed by atoms with E-state index in [0.29, 0.717) is 5.56 Å². The van der Waals surface area contributed by atoms with Crippen LogP contribution >= 0.6 is 0 Å². The maximum Gasteiger partial charge on any atom is 0.308 e. The lowest BCUT2D eigenvalue weighted by molar-refractivity contribution is -0.132. The van der Waals surface area contributed by atoms with Crippen LogP contribution in [0.1, 0.15) is 44.3 Å². The van der Waals surface area contributed by atoms with Gasteiger partial charge in [0.1, 0.15) is 5.75 Å². The van der Waals surface area contributed by atoms with Crippen LogP contribution in [-0.4, -0.2) is 32.9 Å². The molecule has 0 amide bonds. The van der Waals surface area contributed by atoms with Crippen LogP contribution in [0.5, 0.6) is 23.0 Å². The summed E-state index contributed by atoms with van der Waals surface area (Å²) >= 11 is 0. The molecule has 0 spiro atoms. The van der Waals surface area contributed by atoms with Crippen LogP contribution in [0.4, 0.5) is 0 Å². The van der Waals surface area contributed by atoms with Crippen molar-refractivity contribution in [2.75, 3.05) is 0 Å². The minimum Gasteiger partial charge on any atom is -0.507 e. The summed E-state index contributed by atoms with van der Waals surface area (Å²) in [7, 11) is 0. The van der Waals surface area contributed by atoms with Crippen molar-refractivity contribution >= 4 is 17.5 Å². The van der Waals surface area contributed by atoms with Gasteiger partial charge in [0.2, 0.25) is 11.5 Å². The lowest BCUT2D eigenvalue weighted by Crippen LogP contribution is -2.22. The van der Waals surface area contributed by atoms with Gasteiger partial charge in [0.05, 0.1) is 11.1 Å². The quantitative estimate of drug-likeness (QED) is 0.460. The molecule has 0 radical (unpaired) electrons. The Kier molecular flexibility index (Phi) is 3.30. The highest BCUT2D eigenvalue weighted by atomic mass is 16.5. The topological polar surface area (TPSA) is 121 Å². The molecule has 1 aliphatic rings. The van der Waals surface area contributed by atoms with Gasteiger partial charge < -0.3 is 20.1 Å². The maximum atomic E-state index is 12.7. The first-order valence-electron chi connectivity index (χ1n) is 6.92. The third kappa shape index (κ3) is 2.10. The van der Waals surface area contributed by atoms with Crippen molar-refractivity contribution in [1.29, 1.82) is 0 Å². The molecule has 7 nitrogen and oxygen atoms in total. The number of rotatable bonds is 1. The number of carbonyl (C=O) groups excluding carboxylic acids is 3. The van der Waals surface area contributed by atoms with E-state index in [0.717, 1.165) is 13.0 Å². The fourth-order valence-electron chi connectivity index (χ4n) is 2.75. The third-order valence-corrected chi connectivity index (χ3v) is 3.69. The standard InChI is InChI=1S/C17H12O7/c1-6-3-8-12(10(19)4-6)15(22)13-9(14(8)21)5-11(20)17(16(13)23)24-7(2)18/h3-5,19-20,23H,1-2H3. The molecule has 0 bridgehead atoms. The molecule has 2 aromatic rings. The molecule has 0 saturated carbocycles. The molecule has 122 valence electrons. The highest BCUT2D eigenvalue weighted by Gasteiger charge is 2.37. The van der Waals surface area contributed by atoms with Crippen LogP contribution in [0.25, 0.3) is 0 Å². The predicted octanol–water partition coefficient (Wildman–Crippen LogP) is 1.81. The number of ketones is 2. The van der Waals surface area contributed by atoms with E-state index < -0.39 is 46.1 Å². The first kappa shape index (κ1) is 15.5. The zero-order valence-electron chi connectivity index (χ0n) is 12.7. The monoisotopic (exact) mass is 328 g/mol. The van der Waals surface area contributed by atoms with Crippen LogP contribution in [0.2, 0.25) is 0 Å². The van der Waals surface area contributed by atoms with Crippen molar-refractivity contribution in [3.63, 3.8) is 0 Å². The molecule has 3 rings (SSSR count). The van der Waals surface area contributed by atoms with E-state index in [-0.39, 0.29) is 16.7 Å². The van der Waals surface area contributed by atoms with Gasteiger partial charge in [-0.3, -0.25) is 14.4 Å². The molecule has 0 aliphatic heterocycles. The summed E-state index contributed by atoms with van der Waals surface area (Å²) in [6.45, 7) is 2.70. The molecule has 1 aliphatic carbocycles. The minimum absolute atomic E-state index is 0.0240. The van der Waals surface area contributed by atoms with E-state index in [9.17, 15) is 29.7 Å². The molecule has 24 heavy (non-hydrogen) atoms. The Morgan fingerprint density at radius 1 is 0.917 bits per heavy atom. The van der Waals surface area contributed by atoms with Gasteiger partial charge in [0.25, 0.3) is 0 Å². The van der Waals surface area contributed by atoms with Crippen LogP contribution in [0, 0.1) is 6.92 Å². The molecule has 0 heterocycles. The lowest BCUT2D eigenvalue weighted by atomic mass is 9.82. The summed E-state index contributed by atoms with van der Waals surface area (Å²) in [5.74, 6) is -4.75. The van der Waals surface area contributed by atoms with E-state index in [2.05, 4.69) is 0 Å². The zero-order valence-corrected chi connectivity index (χ0v) is 12.7. The highest BCUT2D eigenvalue weighted by molar-refractivity contribution is 6.30. The number of aromatic hydroxyl groups is 3. The second-order valence-corrected chi connectivity index (χ2v) is 5.45. The van der Waals surface area contributed by atoms with Crippen molar-refractivity contribution < 1.29 is 34.4 Å². The number of esters is 1. The van der Waals surface area contributed by atoms with Crippen molar-refractivity contribution in [2.24, 2.45) is 0 Å². The summed E-state index contributed by atoms with van der Waals surface area (Å²) in [5, 5.41) is 30.2. The van der Waals surface area contributed by atoms with Gasteiger partial charge in [-0.15, -0.1) is 0 Å². The second kappa shape index (κ2) is 5.09. The number of benzene rings is 2. The molecule has 0 unspecified atom stereocenters. The SMILES string of the molecule is CC(=O)Oc1c(O)cc2c(c1O)C(=O)c1c(O)cc(C)cc1C2=O. The van der Waals surface area contributed by atoms with E-state index >= 15 is 0 Å². The summed E-state index contributed by atoms with van der Waals surface area (Å²) in [5.41, 5.74) is -0.359. The first-order valence-corrected chi connectivity index (χ1v) is 6.92. The highest BCUT2D eigenvalue weighted by Crippen LogP contribution is 2.45. The molecule has 0 fully saturated rings. The summed E-state index contributed by atoms with van der Waals surface area (Å²) in [6.07, 6.45) is 0. The number of aryl methyl sites for hydroxylation is 1. The molecule has 0 aromatic heterocycles. The fraction of sp³-hybridized carbons (Fsp3) is 0.118. The second-order valence-electron chi connectivity index (χ2n) is 5.45.